The average Bonchev–Trinajstić information content (AvgIpc) is 3.60. The average molecular weight is 586 g/mol. The lowest BCUT2D eigenvalue weighted by Gasteiger charge is -2.25. The van der Waals surface area contributed by atoms with E-state index in [1.54, 1.807) is 13.4 Å². The summed E-state index contributed by atoms with van der Waals surface area (Å²) in [6.45, 7) is 1.53. The summed E-state index contributed by atoms with van der Waals surface area (Å²) in [5.41, 5.74) is 4.29. The van der Waals surface area contributed by atoms with Crippen LogP contribution in [0.2, 0.25) is 5.28 Å². The molecule has 9 nitrogen and oxygen atoms in total. The maximum absolute atomic E-state index is 6.69. The Morgan fingerprint density at radius 3 is 1.95 bits per heavy atom. The molecule has 2 aromatic heterocycles. The number of imidazole rings is 1. The second-order valence-electron chi connectivity index (χ2n) is 10.0. The lowest BCUT2D eigenvalue weighted by atomic mass is 10.1. The molecule has 3 aromatic carbocycles. The standard InChI is InChI=1S/C32H32ClN5O4/c1-34-29-26-30(37-32(33)36-29)38(21-35-26)31-28(41-19-24-15-9-4-10-16-24)27(40-18-23-13-7-3-8-14-23)25(42-31)20-39-17-22-11-5-2-6-12-22/h2-16,21,25,27-28,31H,17-20H2,1H3,(H,34,36,37)/t25-,27-,28+,31-/m1/s1. The summed E-state index contributed by atoms with van der Waals surface area (Å²) in [6.07, 6.45) is -0.319. The quantitative estimate of drug-likeness (QED) is 0.184. The zero-order valence-corrected chi connectivity index (χ0v) is 23.9. The highest BCUT2D eigenvalue weighted by molar-refractivity contribution is 6.28. The van der Waals surface area contributed by atoms with Gasteiger partial charge in [-0.05, 0) is 28.3 Å². The molecule has 216 valence electrons. The minimum Gasteiger partial charge on any atom is -0.374 e. The van der Waals surface area contributed by atoms with Crippen LogP contribution < -0.4 is 5.32 Å². The number of halogens is 1. The van der Waals surface area contributed by atoms with Crippen molar-refractivity contribution in [1.82, 2.24) is 19.5 Å². The van der Waals surface area contributed by atoms with E-state index in [0.717, 1.165) is 16.7 Å². The fourth-order valence-electron chi connectivity index (χ4n) is 5.10. The van der Waals surface area contributed by atoms with E-state index in [0.29, 0.717) is 43.4 Å². The summed E-state index contributed by atoms with van der Waals surface area (Å²) in [4.78, 5) is 13.3. The van der Waals surface area contributed by atoms with Gasteiger partial charge in [-0.2, -0.15) is 9.97 Å². The van der Waals surface area contributed by atoms with Crippen LogP contribution in [0.3, 0.4) is 0 Å². The first-order chi connectivity index (χ1) is 20.7. The van der Waals surface area contributed by atoms with E-state index >= 15 is 0 Å². The van der Waals surface area contributed by atoms with E-state index in [2.05, 4.69) is 20.3 Å². The highest BCUT2D eigenvalue weighted by Gasteiger charge is 2.48. The minimum absolute atomic E-state index is 0.105. The van der Waals surface area contributed by atoms with Crippen LogP contribution in [0, 0.1) is 0 Å². The third kappa shape index (κ3) is 6.46. The third-order valence-electron chi connectivity index (χ3n) is 7.15. The summed E-state index contributed by atoms with van der Waals surface area (Å²) < 4.78 is 27.9. The lowest BCUT2D eigenvalue weighted by molar-refractivity contribution is -0.0913. The number of fused-ring (bicyclic) bond motifs is 1. The third-order valence-corrected chi connectivity index (χ3v) is 7.32. The van der Waals surface area contributed by atoms with Gasteiger partial charge >= 0.3 is 0 Å². The maximum atomic E-state index is 6.69. The van der Waals surface area contributed by atoms with Crippen molar-refractivity contribution in [3.05, 3.63) is 119 Å². The number of rotatable bonds is 12. The molecule has 10 heteroatoms. The molecule has 3 heterocycles. The highest BCUT2D eigenvalue weighted by Crippen LogP contribution is 2.37. The molecule has 0 aliphatic carbocycles. The van der Waals surface area contributed by atoms with Crippen molar-refractivity contribution in [2.45, 2.75) is 44.4 Å². The van der Waals surface area contributed by atoms with Crippen molar-refractivity contribution in [3.63, 3.8) is 0 Å². The van der Waals surface area contributed by atoms with Crippen LogP contribution in [0.25, 0.3) is 11.2 Å². The van der Waals surface area contributed by atoms with E-state index in [4.69, 9.17) is 30.5 Å². The molecule has 0 bridgehead atoms. The molecule has 1 fully saturated rings. The molecule has 0 amide bonds. The van der Waals surface area contributed by atoms with E-state index in [9.17, 15) is 0 Å². The van der Waals surface area contributed by atoms with Crippen LogP contribution in [0.5, 0.6) is 0 Å². The number of hydrogen-bond donors (Lipinski definition) is 1. The molecule has 1 aliphatic heterocycles. The number of ether oxygens (including phenoxy) is 4. The summed E-state index contributed by atoms with van der Waals surface area (Å²) >= 11 is 6.30. The molecular formula is C32H32ClN5O4. The van der Waals surface area contributed by atoms with Gasteiger partial charge in [-0.1, -0.05) is 91.0 Å². The fourth-order valence-corrected chi connectivity index (χ4v) is 5.26. The van der Waals surface area contributed by atoms with E-state index in [-0.39, 0.29) is 5.28 Å². The summed E-state index contributed by atoms with van der Waals surface area (Å²) in [6, 6.07) is 30.1. The first kappa shape index (κ1) is 28.3. The second kappa shape index (κ2) is 13.4. The maximum Gasteiger partial charge on any atom is 0.226 e. The number of benzene rings is 3. The Morgan fingerprint density at radius 1 is 0.786 bits per heavy atom. The number of hydrogen-bond acceptors (Lipinski definition) is 8. The first-order valence-electron chi connectivity index (χ1n) is 13.9. The lowest BCUT2D eigenvalue weighted by Crippen LogP contribution is -2.38. The zero-order chi connectivity index (χ0) is 28.7. The van der Waals surface area contributed by atoms with Crippen LogP contribution in [0.4, 0.5) is 5.82 Å². The summed E-state index contributed by atoms with van der Waals surface area (Å²) in [5, 5.41) is 3.15. The molecule has 1 aliphatic rings. The van der Waals surface area contributed by atoms with Gasteiger partial charge in [-0.25, -0.2) is 4.98 Å². The van der Waals surface area contributed by atoms with Crippen molar-refractivity contribution in [3.8, 4) is 0 Å². The Hall–Kier alpha value is -3.86. The van der Waals surface area contributed by atoms with Crippen LogP contribution in [0.1, 0.15) is 22.9 Å². The molecule has 0 spiro atoms. The molecular weight excluding hydrogens is 554 g/mol. The van der Waals surface area contributed by atoms with Gasteiger partial charge < -0.3 is 24.3 Å². The van der Waals surface area contributed by atoms with Crippen LogP contribution in [0.15, 0.2) is 97.3 Å². The van der Waals surface area contributed by atoms with E-state index < -0.39 is 24.5 Å². The van der Waals surface area contributed by atoms with Gasteiger partial charge in [0.15, 0.2) is 23.2 Å². The van der Waals surface area contributed by atoms with Gasteiger partial charge in [0.2, 0.25) is 5.28 Å². The Bertz CT molecular complexity index is 1570. The Kier molecular flexibility index (Phi) is 9.03. The second-order valence-corrected chi connectivity index (χ2v) is 10.3. The number of nitrogens with one attached hydrogen (secondary N) is 1. The molecule has 0 unspecified atom stereocenters. The predicted octanol–water partition coefficient (Wildman–Crippen LogP) is 5.81. The number of aromatic nitrogens is 4. The minimum atomic E-state index is -0.611. The normalized spacial score (nSPS) is 20.2. The molecule has 42 heavy (non-hydrogen) atoms. The van der Waals surface area contributed by atoms with Gasteiger partial charge in [0, 0.05) is 7.05 Å². The zero-order valence-electron chi connectivity index (χ0n) is 23.2. The van der Waals surface area contributed by atoms with Crippen molar-refractivity contribution < 1.29 is 18.9 Å². The molecule has 5 aromatic rings. The molecule has 0 radical (unpaired) electrons. The molecule has 1 N–H and O–H groups in total. The smallest absolute Gasteiger partial charge is 0.226 e. The fraction of sp³-hybridized carbons (Fsp3) is 0.281. The largest absolute Gasteiger partial charge is 0.374 e. The number of nitrogens with zero attached hydrogens (tertiary/aromatic N) is 4. The predicted molar refractivity (Wildman–Crippen MR) is 160 cm³/mol. The van der Waals surface area contributed by atoms with Crippen molar-refractivity contribution >= 4 is 28.6 Å². The van der Waals surface area contributed by atoms with Gasteiger partial charge in [-0.3, -0.25) is 4.57 Å². The van der Waals surface area contributed by atoms with Crippen LogP contribution in [-0.4, -0.2) is 51.5 Å². The Morgan fingerprint density at radius 2 is 1.36 bits per heavy atom. The van der Waals surface area contributed by atoms with Crippen molar-refractivity contribution in [2.24, 2.45) is 0 Å². The number of anilines is 1. The van der Waals surface area contributed by atoms with Crippen molar-refractivity contribution in [2.75, 3.05) is 19.0 Å². The Labute approximate surface area is 249 Å². The Balaban J connectivity index is 1.32. The summed E-state index contributed by atoms with van der Waals surface area (Å²) in [7, 11) is 1.77. The summed E-state index contributed by atoms with van der Waals surface area (Å²) in [5.74, 6) is 0.531. The first-order valence-corrected chi connectivity index (χ1v) is 14.2. The van der Waals surface area contributed by atoms with Crippen LogP contribution in [-0.2, 0) is 38.8 Å². The van der Waals surface area contributed by atoms with Gasteiger partial charge in [0.05, 0.1) is 32.8 Å². The SMILES string of the molecule is CNc1nc(Cl)nc2c1ncn2[C@@H]1O[C@H](COCc2ccccc2)[C@@H](OCc2ccccc2)[C@@H]1OCc1ccccc1. The monoisotopic (exact) mass is 585 g/mol. The van der Waals surface area contributed by atoms with Crippen molar-refractivity contribution in [1.29, 1.82) is 0 Å². The van der Waals surface area contributed by atoms with Crippen LogP contribution >= 0.6 is 11.6 Å². The molecule has 6 rings (SSSR count). The van der Waals surface area contributed by atoms with E-state index in [1.807, 2.05) is 95.6 Å². The topological polar surface area (TPSA) is 92.6 Å². The molecule has 1 saturated heterocycles. The molecule has 0 saturated carbocycles. The highest BCUT2D eigenvalue weighted by atomic mass is 35.5. The molecule has 4 atom stereocenters. The van der Waals surface area contributed by atoms with E-state index in [1.165, 1.54) is 0 Å². The van der Waals surface area contributed by atoms with Gasteiger partial charge in [0.1, 0.15) is 18.3 Å². The van der Waals surface area contributed by atoms with Gasteiger partial charge in [0.25, 0.3) is 0 Å². The van der Waals surface area contributed by atoms with Gasteiger partial charge in [-0.15, -0.1) is 0 Å².